The first-order valence-electron chi connectivity index (χ1n) is 4.40. The zero-order valence-electron chi connectivity index (χ0n) is 8.64. The molecule has 0 saturated carbocycles. The molecule has 106 valence electrons. The molecule has 0 aliphatic heterocycles. The number of nitrogens with one attached hydrogen (secondary N) is 1. The molecular weight excluding hydrogens is 307 g/mol. The fraction of sp³-hybridized carbons (Fsp3) is 0.222. The molecule has 0 aliphatic rings. The van der Waals surface area contributed by atoms with Gasteiger partial charge in [-0.3, -0.25) is 4.79 Å². The smallest absolute Gasteiger partial charge is 0.320 e. The molecule has 2 nitrogen and oxygen atoms in total. The zero-order valence-corrected chi connectivity index (χ0v) is 9.39. The SMILES string of the molecule is O=C(CCl)Nc1c(F)c(F)c(C(F)(F)F)c(F)c1F. The van der Waals surface area contributed by atoms with Crippen LogP contribution in [-0.2, 0) is 11.0 Å². The van der Waals surface area contributed by atoms with Gasteiger partial charge in [-0.2, -0.15) is 13.2 Å². The average Bonchev–Trinajstić information content (AvgIpc) is 2.30. The summed E-state index contributed by atoms with van der Waals surface area (Å²) in [6, 6.07) is 0. The van der Waals surface area contributed by atoms with Crippen LogP contribution in [0.1, 0.15) is 5.56 Å². The van der Waals surface area contributed by atoms with E-state index in [2.05, 4.69) is 0 Å². The van der Waals surface area contributed by atoms with Crippen LogP contribution >= 0.6 is 11.6 Å². The Morgan fingerprint density at radius 1 is 1.00 bits per heavy atom. The Morgan fingerprint density at radius 3 is 1.74 bits per heavy atom. The molecule has 0 saturated heterocycles. The van der Waals surface area contributed by atoms with Crippen LogP contribution in [0.2, 0.25) is 0 Å². The zero-order chi connectivity index (χ0) is 15.0. The minimum Gasteiger partial charge on any atom is -0.320 e. The van der Waals surface area contributed by atoms with Crippen LogP contribution < -0.4 is 5.32 Å². The van der Waals surface area contributed by atoms with Crippen LogP contribution in [0.5, 0.6) is 0 Å². The minimum absolute atomic E-state index is 0.816. The standard InChI is InChI=1S/C9H3ClF7NO/c10-1-2(19)18-8-6(13)4(11)3(9(15,16)17)5(12)7(8)14/h1H2,(H,18,19). The van der Waals surface area contributed by atoms with Gasteiger partial charge in [0.25, 0.3) is 0 Å². The molecular formula is C9H3ClF7NO. The highest BCUT2D eigenvalue weighted by molar-refractivity contribution is 6.29. The molecule has 1 aromatic carbocycles. The van der Waals surface area contributed by atoms with Gasteiger partial charge in [0.1, 0.15) is 17.1 Å². The van der Waals surface area contributed by atoms with Crippen molar-refractivity contribution in [2.75, 3.05) is 11.2 Å². The van der Waals surface area contributed by atoms with E-state index in [-0.39, 0.29) is 0 Å². The number of alkyl halides is 4. The molecule has 0 aliphatic carbocycles. The van der Waals surface area contributed by atoms with E-state index in [1.54, 1.807) is 0 Å². The molecule has 0 heterocycles. The number of rotatable bonds is 2. The maximum Gasteiger partial charge on any atom is 0.422 e. The maximum atomic E-state index is 13.2. The lowest BCUT2D eigenvalue weighted by Crippen LogP contribution is -2.20. The van der Waals surface area contributed by atoms with Gasteiger partial charge in [0, 0.05) is 0 Å². The van der Waals surface area contributed by atoms with Crippen molar-refractivity contribution in [3.63, 3.8) is 0 Å². The topological polar surface area (TPSA) is 29.1 Å². The van der Waals surface area contributed by atoms with E-state index in [4.69, 9.17) is 11.6 Å². The third-order valence-electron chi connectivity index (χ3n) is 1.93. The molecule has 0 spiro atoms. The van der Waals surface area contributed by atoms with Crippen molar-refractivity contribution in [1.82, 2.24) is 0 Å². The molecule has 19 heavy (non-hydrogen) atoms. The monoisotopic (exact) mass is 309 g/mol. The molecule has 0 bridgehead atoms. The molecule has 0 radical (unpaired) electrons. The number of amides is 1. The summed E-state index contributed by atoms with van der Waals surface area (Å²) in [7, 11) is 0. The van der Waals surface area contributed by atoms with Gasteiger partial charge in [0.05, 0.1) is 0 Å². The maximum absolute atomic E-state index is 13.2. The van der Waals surface area contributed by atoms with Crippen molar-refractivity contribution in [3.8, 4) is 0 Å². The lowest BCUT2D eigenvalue weighted by Gasteiger charge is -2.14. The largest absolute Gasteiger partial charge is 0.422 e. The first kappa shape index (κ1) is 15.5. The van der Waals surface area contributed by atoms with Crippen LogP contribution in [0.15, 0.2) is 0 Å². The molecule has 0 atom stereocenters. The lowest BCUT2D eigenvalue weighted by atomic mass is 10.1. The van der Waals surface area contributed by atoms with Gasteiger partial charge in [-0.25, -0.2) is 17.6 Å². The number of anilines is 1. The van der Waals surface area contributed by atoms with Crippen molar-refractivity contribution in [2.24, 2.45) is 0 Å². The van der Waals surface area contributed by atoms with E-state index in [1.807, 2.05) is 0 Å². The number of carbonyl (C=O) groups excluding carboxylic acids is 1. The molecule has 1 amide bonds. The summed E-state index contributed by atoms with van der Waals surface area (Å²) in [6.07, 6.45) is -5.63. The highest BCUT2D eigenvalue weighted by Gasteiger charge is 2.42. The van der Waals surface area contributed by atoms with Gasteiger partial charge in [-0.1, -0.05) is 0 Å². The Labute approximate surface area is 106 Å². The second kappa shape index (κ2) is 5.24. The summed E-state index contributed by atoms with van der Waals surface area (Å²) in [6.45, 7) is 0. The van der Waals surface area contributed by atoms with Crippen LogP contribution in [0.25, 0.3) is 0 Å². The van der Waals surface area contributed by atoms with E-state index in [0.717, 1.165) is 0 Å². The van der Waals surface area contributed by atoms with Crippen molar-refractivity contribution >= 4 is 23.2 Å². The van der Waals surface area contributed by atoms with E-state index < -0.39 is 52.5 Å². The van der Waals surface area contributed by atoms with Crippen LogP contribution in [0.3, 0.4) is 0 Å². The van der Waals surface area contributed by atoms with Crippen LogP contribution in [-0.4, -0.2) is 11.8 Å². The molecule has 1 rings (SSSR count). The highest BCUT2D eigenvalue weighted by atomic mass is 35.5. The third kappa shape index (κ3) is 2.91. The Kier molecular flexibility index (Phi) is 4.28. The number of halogens is 8. The van der Waals surface area contributed by atoms with Gasteiger partial charge < -0.3 is 5.32 Å². The minimum atomic E-state index is -5.63. The van der Waals surface area contributed by atoms with Crippen molar-refractivity contribution in [1.29, 1.82) is 0 Å². The summed E-state index contributed by atoms with van der Waals surface area (Å²) in [5, 5.41) is 1.32. The van der Waals surface area contributed by atoms with E-state index in [0.29, 0.717) is 0 Å². The first-order chi connectivity index (χ1) is 8.61. The lowest BCUT2D eigenvalue weighted by molar-refractivity contribution is -0.143. The molecule has 0 aromatic heterocycles. The quantitative estimate of drug-likeness (QED) is 0.506. The van der Waals surface area contributed by atoms with E-state index >= 15 is 0 Å². The molecule has 0 unspecified atom stereocenters. The normalized spacial score (nSPS) is 11.6. The Balaban J connectivity index is 3.52. The van der Waals surface area contributed by atoms with Crippen molar-refractivity contribution in [3.05, 3.63) is 28.8 Å². The van der Waals surface area contributed by atoms with Crippen molar-refractivity contribution in [2.45, 2.75) is 6.18 Å². The molecule has 0 fully saturated rings. The number of hydrogen-bond donors (Lipinski definition) is 1. The highest BCUT2D eigenvalue weighted by Crippen LogP contribution is 2.38. The van der Waals surface area contributed by atoms with Crippen LogP contribution in [0, 0.1) is 23.3 Å². The second-order valence-corrected chi connectivity index (χ2v) is 3.45. The molecule has 1 N–H and O–H groups in total. The van der Waals surface area contributed by atoms with Gasteiger partial charge in [-0.05, 0) is 0 Å². The molecule has 1 aromatic rings. The number of hydrogen-bond acceptors (Lipinski definition) is 1. The Bertz CT molecular complexity index is 499. The summed E-state index contributed by atoms with van der Waals surface area (Å²) in [5.41, 5.74) is -4.39. The third-order valence-corrected chi connectivity index (χ3v) is 2.18. The summed E-state index contributed by atoms with van der Waals surface area (Å²) in [5.74, 6) is -12.1. The Morgan fingerprint density at radius 2 is 1.42 bits per heavy atom. The van der Waals surface area contributed by atoms with Crippen molar-refractivity contribution < 1.29 is 35.5 Å². The Hall–Kier alpha value is -1.51. The summed E-state index contributed by atoms with van der Waals surface area (Å²) >= 11 is 4.97. The molecule has 10 heteroatoms. The number of benzene rings is 1. The summed E-state index contributed by atoms with van der Waals surface area (Å²) in [4.78, 5) is 10.7. The fourth-order valence-electron chi connectivity index (χ4n) is 1.16. The predicted octanol–water partition coefficient (Wildman–Crippen LogP) is 3.44. The summed E-state index contributed by atoms with van der Waals surface area (Å²) < 4.78 is 89.1. The fourth-order valence-corrected chi connectivity index (χ4v) is 1.23. The first-order valence-corrected chi connectivity index (χ1v) is 4.93. The number of carbonyl (C=O) groups is 1. The van der Waals surface area contributed by atoms with Gasteiger partial charge in [0.15, 0.2) is 23.3 Å². The van der Waals surface area contributed by atoms with Crippen LogP contribution in [0.4, 0.5) is 36.4 Å². The van der Waals surface area contributed by atoms with E-state index in [9.17, 15) is 35.5 Å². The van der Waals surface area contributed by atoms with Gasteiger partial charge >= 0.3 is 6.18 Å². The average molecular weight is 310 g/mol. The predicted molar refractivity (Wildman–Crippen MR) is 50.6 cm³/mol. The second-order valence-electron chi connectivity index (χ2n) is 3.19. The van der Waals surface area contributed by atoms with Gasteiger partial charge in [-0.15, -0.1) is 11.6 Å². The van der Waals surface area contributed by atoms with Gasteiger partial charge in [0.2, 0.25) is 5.91 Å². The van der Waals surface area contributed by atoms with E-state index in [1.165, 1.54) is 5.32 Å².